The lowest BCUT2D eigenvalue weighted by Crippen LogP contribution is -2.35. The van der Waals surface area contributed by atoms with Crippen LogP contribution >= 0.6 is 26.1 Å². The van der Waals surface area contributed by atoms with Crippen LogP contribution in [-0.4, -0.2) is 98.9 Å². The number of hydrogen-bond acceptors (Lipinski definition) is 15. The van der Waals surface area contributed by atoms with Crippen molar-refractivity contribution in [3.63, 3.8) is 0 Å². The van der Waals surface area contributed by atoms with E-state index >= 15 is 4.39 Å². The number of aromatic amines is 1. The van der Waals surface area contributed by atoms with Crippen LogP contribution in [0.15, 0.2) is 30.0 Å². The molecular weight excluding hydrogens is 689 g/mol. The molecule has 242 valence electrons. The highest BCUT2D eigenvalue weighted by Crippen LogP contribution is 2.54. The van der Waals surface area contributed by atoms with Crippen molar-refractivity contribution in [2.75, 3.05) is 18.9 Å². The van der Waals surface area contributed by atoms with Crippen LogP contribution in [0, 0.1) is 0 Å². The van der Waals surface area contributed by atoms with Gasteiger partial charge in [-0.25, -0.2) is 28.9 Å². The smallest absolute Gasteiger partial charge is 0.387 e. The van der Waals surface area contributed by atoms with Crippen molar-refractivity contribution in [2.24, 2.45) is 0 Å². The van der Waals surface area contributed by atoms with E-state index in [0.717, 1.165) is 12.7 Å². The lowest BCUT2D eigenvalue weighted by Gasteiger charge is -2.27. The molecule has 0 aromatic carbocycles. The Balaban J connectivity index is 1.21. The van der Waals surface area contributed by atoms with Gasteiger partial charge in [-0.2, -0.15) is 0 Å². The minimum absolute atomic E-state index is 0.00220. The normalized spacial score (nSPS) is 37.7. The number of aromatic nitrogens is 7. The fourth-order valence-corrected chi connectivity index (χ4v) is 8.02. The van der Waals surface area contributed by atoms with Crippen molar-refractivity contribution in [1.82, 2.24) is 34.1 Å². The van der Waals surface area contributed by atoms with Crippen LogP contribution in [0.3, 0.4) is 0 Å². The zero-order valence-corrected chi connectivity index (χ0v) is 25.6. The number of hydrogen-bond donors (Lipinski definition) is 5. The van der Waals surface area contributed by atoms with E-state index < -0.39 is 82.5 Å². The maximum absolute atomic E-state index is 15.9. The molecule has 2 unspecified atom stereocenters. The lowest BCUT2D eigenvalue weighted by molar-refractivity contribution is -0.0633. The Morgan fingerprint density at radius 1 is 1.04 bits per heavy atom. The molecule has 6 N–H and O–H groups in total. The Labute approximate surface area is 259 Å². The summed E-state index contributed by atoms with van der Waals surface area (Å²) in [5.74, 6) is 0.0239. The van der Waals surface area contributed by atoms with E-state index in [0.29, 0.717) is 0 Å². The maximum Gasteiger partial charge on any atom is 0.472 e. The third-order valence-electron chi connectivity index (χ3n) is 7.40. The molecule has 45 heavy (non-hydrogen) atoms. The first-order chi connectivity index (χ1) is 21.3. The number of fused-ring (bicyclic) bond motifs is 5. The molecule has 10 atom stereocenters. The molecule has 3 fully saturated rings. The number of rotatable bonds is 2. The fraction of sp³-hybridized carbons (Fsp3) is 0.476. The molecule has 4 aromatic heterocycles. The number of nitrogen functional groups attached to an aromatic ring is 1. The number of nitrogens with two attached hydrogens (primary N) is 1. The van der Waals surface area contributed by atoms with Gasteiger partial charge < -0.3 is 44.2 Å². The van der Waals surface area contributed by atoms with Gasteiger partial charge in [-0.15, -0.1) is 0 Å². The maximum atomic E-state index is 15.9. The minimum atomic E-state index is -5.09. The van der Waals surface area contributed by atoms with Gasteiger partial charge in [-0.3, -0.25) is 22.9 Å². The third kappa shape index (κ3) is 5.50. The number of H-pyrrole nitrogens is 1. The van der Waals surface area contributed by atoms with E-state index in [4.69, 9.17) is 56.7 Å². The highest BCUT2D eigenvalue weighted by molar-refractivity contribution is 8.07. The molecular formula is C21H22ClFN8O11P2S. The van der Waals surface area contributed by atoms with Gasteiger partial charge in [0.15, 0.2) is 35.7 Å². The molecule has 3 aliphatic rings. The summed E-state index contributed by atoms with van der Waals surface area (Å²) in [6.45, 7) is -5.79. The number of imidazole rings is 1. The highest BCUT2D eigenvalue weighted by Gasteiger charge is 2.54. The van der Waals surface area contributed by atoms with E-state index in [1.54, 1.807) is 0 Å². The molecule has 7 heterocycles. The number of anilines is 1. The quantitative estimate of drug-likeness (QED) is 0.177. The van der Waals surface area contributed by atoms with Crippen LogP contribution in [0.4, 0.5) is 10.2 Å². The zero-order valence-electron chi connectivity index (χ0n) is 22.3. The van der Waals surface area contributed by atoms with Gasteiger partial charge in [-0.1, -0.05) is 11.6 Å². The second kappa shape index (κ2) is 11.3. The van der Waals surface area contributed by atoms with Crippen molar-refractivity contribution < 1.29 is 51.4 Å². The molecule has 24 heteroatoms. The summed E-state index contributed by atoms with van der Waals surface area (Å²) in [5.41, 5.74) is 5.55. The van der Waals surface area contributed by atoms with E-state index in [9.17, 15) is 24.3 Å². The summed E-state index contributed by atoms with van der Waals surface area (Å²) < 4.78 is 64.6. The average Bonchev–Trinajstić information content (AvgIpc) is 3.71. The molecule has 3 aliphatic heterocycles. The van der Waals surface area contributed by atoms with Gasteiger partial charge >= 0.3 is 14.5 Å². The van der Waals surface area contributed by atoms with Crippen molar-refractivity contribution in [1.29, 1.82) is 0 Å². The largest absolute Gasteiger partial charge is 0.472 e. The Kier molecular flexibility index (Phi) is 7.84. The third-order valence-corrected chi connectivity index (χ3v) is 10.2. The molecule has 4 aromatic rings. The summed E-state index contributed by atoms with van der Waals surface area (Å²) in [7, 11) is -5.09. The molecule has 19 nitrogen and oxygen atoms in total. The van der Waals surface area contributed by atoms with Crippen LogP contribution in [0.2, 0.25) is 5.02 Å². The first-order valence-electron chi connectivity index (χ1n) is 12.9. The minimum Gasteiger partial charge on any atom is -0.387 e. The summed E-state index contributed by atoms with van der Waals surface area (Å²) in [4.78, 5) is 52.5. The van der Waals surface area contributed by atoms with Gasteiger partial charge in [0.25, 0.3) is 5.56 Å². The van der Waals surface area contributed by atoms with Crippen LogP contribution in [0.5, 0.6) is 0 Å². The number of alkyl halides is 1. The zero-order chi connectivity index (χ0) is 31.8. The van der Waals surface area contributed by atoms with Gasteiger partial charge in [0.2, 0.25) is 0 Å². The second-order valence-electron chi connectivity index (χ2n) is 10.1. The summed E-state index contributed by atoms with van der Waals surface area (Å²) in [6.07, 6.45) is -8.08. The number of ether oxygens (including phenoxy) is 2. The number of aliphatic hydroxyl groups is 1. The van der Waals surface area contributed by atoms with Crippen molar-refractivity contribution in [3.05, 3.63) is 40.6 Å². The van der Waals surface area contributed by atoms with Crippen LogP contribution in [0.1, 0.15) is 12.5 Å². The number of phosphoric ester groups is 1. The van der Waals surface area contributed by atoms with Crippen molar-refractivity contribution >= 4 is 66.0 Å². The Bertz CT molecular complexity index is 1950. The SMILES string of the molecule is Nc1ncnc2c1ncn2[C@@H]1O[C@@H]2COP(O)(=S)O[C@@H]3[C@H](O)[C@H](COP(=O)(O)O[C@H]2[C@H]1F)O[C@H]3n1cc(Cl)c2c(=O)[nH]cnc21. The molecule has 0 radical (unpaired) electrons. The van der Waals surface area contributed by atoms with Gasteiger partial charge in [0, 0.05) is 6.20 Å². The van der Waals surface area contributed by atoms with Crippen molar-refractivity contribution in [2.45, 2.75) is 49.1 Å². The van der Waals surface area contributed by atoms with E-state index in [1.807, 2.05) is 0 Å². The second-order valence-corrected chi connectivity index (χ2v) is 14.7. The Hall–Kier alpha value is -2.49. The van der Waals surface area contributed by atoms with E-state index in [1.165, 1.54) is 21.7 Å². The molecule has 0 amide bonds. The van der Waals surface area contributed by atoms with Gasteiger partial charge in [-0.05, 0) is 11.8 Å². The predicted octanol–water partition coefficient (Wildman–Crippen LogP) is 0.428. The standard InChI is InChI=1S/C21H22ClFN8O11P2S/c22-7-1-30(17-10(7)19(33)28-5-26-17)21-15-13(32)8(39-21)2-37-43(34,35)41-14-9(3-38-44(36,45)42-15)40-20(11(14)23)31-6-29-12-16(24)25-4-27-18(12)31/h1,4-6,8-9,11,13-15,20-21,32H,2-3H2,(H,34,35)(H,36,45)(H2,24,25,27)(H,26,28,33)/t8-,9+,11+,13+,14+,15+,20+,21+,44?/m0/s1. The molecule has 0 aliphatic carbocycles. The predicted molar refractivity (Wildman–Crippen MR) is 152 cm³/mol. The average molecular weight is 711 g/mol. The lowest BCUT2D eigenvalue weighted by atomic mass is 10.1. The summed E-state index contributed by atoms with van der Waals surface area (Å²) >= 11 is 11.5. The first kappa shape index (κ1) is 31.1. The molecule has 0 spiro atoms. The van der Waals surface area contributed by atoms with Gasteiger partial charge in [0.1, 0.15) is 47.8 Å². The van der Waals surface area contributed by atoms with E-state index in [2.05, 4.69) is 24.9 Å². The monoisotopic (exact) mass is 710 g/mol. The molecule has 7 rings (SSSR count). The topological polar surface area (TPSA) is 253 Å². The number of nitrogens with one attached hydrogen (secondary N) is 1. The molecule has 3 saturated heterocycles. The highest BCUT2D eigenvalue weighted by atomic mass is 35.5. The fourth-order valence-electron chi connectivity index (χ4n) is 5.37. The first-order valence-corrected chi connectivity index (χ1v) is 17.4. The Morgan fingerprint density at radius 3 is 2.60 bits per heavy atom. The van der Waals surface area contributed by atoms with Crippen LogP contribution < -0.4 is 11.3 Å². The Morgan fingerprint density at radius 2 is 1.80 bits per heavy atom. The molecule has 0 saturated carbocycles. The number of halogens is 2. The van der Waals surface area contributed by atoms with E-state index in [-0.39, 0.29) is 33.0 Å². The number of phosphoric acid groups is 1. The van der Waals surface area contributed by atoms with Crippen LogP contribution in [-0.2, 0) is 43.9 Å². The summed E-state index contributed by atoms with van der Waals surface area (Å²) in [6, 6.07) is 0. The van der Waals surface area contributed by atoms with Crippen molar-refractivity contribution in [3.8, 4) is 0 Å². The van der Waals surface area contributed by atoms with Gasteiger partial charge in [0.05, 0.1) is 30.9 Å². The molecule has 2 bridgehead atoms. The van der Waals surface area contributed by atoms with Crippen LogP contribution in [0.25, 0.3) is 22.2 Å². The number of nitrogens with zero attached hydrogens (tertiary/aromatic N) is 6. The number of aliphatic hydroxyl groups excluding tert-OH is 1. The summed E-state index contributed by atoms with van der Waals surface area (Å²) in [5, 5.41) is 11.1.